The number of carbonyl (C=O) groups excluding carboxylic acids is 1. The van der Waals surface area contributed by atoms with Gasteiger partial charge in [0.05, 0.1) is 4.90 Å². The van der Waals surface area contributed by atoms with Crippen molar-refractivity contribution in [1.82, 2.24) is 9.62 Å². The van der Waals surface area contributed by atoms with Crippen molar-refractivity contribution in [2.24, 2.45) is 0 Å². The van der Waals surface area contributed by atoms with Crippen molar-refractivity contribution < 1.29 is 23.1 Å². The van der Waals surface area contributed by atoms with E-state index in [9.17, 15) is 18.0 Å². The minimum atomic E-state index is -3.62. The van der Waals surface area contributed by atoms with Crippen LogP contribution in [0.3, 0.4) is 0 Å². The number of carbonyl (C=O) groups is 2. The summed E-state index contributed by atoms with van der Waals surface area (Å²) in [5.74, 6) is -1.53. The Labute approximate surface area is 136 Å². The number of amides is 1. The number of carboxylic acids is 1. The number of hydrogen-bond acceptors (Lipinski definition) is 4. The molecule has 0 aliphatic heterocycles. The highest BCUT2D eigenvalue weighted by molar-refractivity contribution is 7.89. The Morgan fingerprint density at radius 2 is 1.78 bits per heavy atom. The van der Waals surface area contributed by atoms with Gasteiger partial charge in [-0.3, -0.25) is 9.59 Å². The van der Waals surface area contributed by atoms with Gasteiger partial charge in [0.1, 0.15) is 6.54 Å². The van der Waals surface area contributed by atoms with Crippen LogP contribution in [0.2, 0.25) is 0 Å². The van der Waals surface area contributed by atoms with Gasteiger partial charge in [-0.15, -0.1) is 0 Å². The maximum Gasteiger partial charge on any atom is 0.323 e. The van der Waals surface area contributed by atoms with Crippen molar-refractivity contribution in [3.63, 3.8) is 0 Å². The van der Waals surface area contributed by atoms with Crippen molar-refractivity contribution in [1.29, 1.82) is 0 Å². The molecule has 0 aliphatic carbocycles. The lowest BCUT2D eigenvalue weighted by Gasteiger charge is -2.20. The fraction of sp³-hybridized carbons (Fsp3) is 0.467. The minimum absolute atomic E-state index is 0.0584. The van der Waals surface area contributed by atoms with Crippen molar-refractivity contribution in [2.45, 2.75) is 38.1 Å². The van der Waals surface area contributed by atoms with Gasteiger partial charge in [0.15, 0.2) is 0 Å². The highest BCUT2D eigenvalue weighted by Crippen LogP contribution is 2.13. The van der Waals surface area contributed by atoms with Crippen molar-refractivity contribution in [3.05, 3.63) is 29.8 Å². The van der Waals surface area contributed by atoms with Crippen LogP contribution < -0.4 is 4.72 Å². The van der Waals surface area contributed by atoms with Gasteiger partial charge in [-0.1, -0.05) is 6.92 Å². The zero-order chi connectivity index (χ0) is 17.6. The fourth-order valence-corrected chi connectivity index (χ4v) is 3.27. The predicted molar refractivity (Wildman–Crippen MR) is 85.7 cm³/mol. The molecule has 0 aliphatic rings. The van der Waals surface area contributed by atoms with Crippen molar-refractivity contribution in [2.75, 3.05) is 13.1 Å². The highest BCUT2D eigenvalue weighted by Gasteiger charge is 2.20. The number of carboxylic acid groups (broad SMARTS) is 1. The zero-order valence-electron chi connectivity index (χ0n) is 13.4. The molecule has 8 heteroatoms. The van der Waals surface area contributed by atoms with Crippen LogP contribution in [0.4, 0.5) is 0 Å². The molecule has 1 aromatic carbocycles. The molecule has 0 saturated heterocycles. The average molecular weight is 342 g/mol. The Bertz CT molecular complexity index is 653. The van der Waals surface area contributed by atoms with Crippen LogP contribution in [0.5, 0.6) is 0 Å². The van der Waals surface area contributed by atoms with Gasteiger partial charge in [-0.05, 0) is 44.5 Å². The van der Waals surface area contributed by atoms with Crippen LogP contribution >= 0.6 is 0 Å². The third-order valence-corrected chi connectivity index (χ3v) is 4.58. The van der Waals surface area contributed by atoms with Gasteiger partial charge in [0.2, 0.25) is 10.0 Å². The summed E-state index contributed by atoms with van der Waals surface area (Å²) in [4.78, 5) is 24.4. The molecule has 1 aromatic rings. The lowest BCUT2D eigenvalue weighted by Crippen LogP contribution is -2.36. The van der Waals surface area contributed by atoms with Gasteiger partial charge in [-0.2, -0.15) is 0 Å². The van der Waals surface area contributed by atoms with E-state index in [2.05, 4.69) is 4.72 Å². The van der Waals surface area contributed by atoms with E-state index in [1.165, 1.54) is 29.2 Å². The summed E-state index contributed by atoms with van der Waals surface area (Å²) < 4.78 is 26.5. The Morgan fingerprint density at radius 3 is 2.22 bits per heavy atom. The van der Waals surface area contributed by atoms with Crippen LogP contribution in [0.1, 0.15) is 37.6 Å². The molecule has 1 amide bonds. The molecular formula is C15H22N2O5S. The number of nitrogens with one attached hydrogen (secondary N) is 1. The third-order valence-electron chi connectivity index (χ3n) is 2.91. The molecule has 128 valence electrons. The second-order valence-electron chi connectivity index (χ2n) is 5.42. The lowest BCUT2D eigenvalue weighted by atomic mass is 10.2. The van der Waals surface area contributed by atoms with Gasteiger partial charge in [0, 0.05) is 18.2 Å². The first-order chi connectivity index (χ1) is 10.7. The molecule has 0 heterocycles. The van der Waals surface area contributed by atoms with Crippen LogP contribution in [-0.4, -0.2) is 49.4 Å². The van der Waals surface area contributed by atoms with Crippen molar-refractivity contribution in [3.8, 4) is 0 Å². The molecule has 0 unspecified atom stereocenters. The van der Waals surface area contributed by atoms with E-state index in [1.54, 1.807) is 13.8 Å². The van der Waals surface area contributed by atoms with E-state index in [4.69, 9.17) is 5.11 Å². The highest BCUT2D eigenvalue weighted by atomic mass is 32.2. The van der Waals surface area contributed by atoms with Crippen molar-refractivity contribution >= 4 is 21.9 Å². The first kappa shape index (κ1) is 19.1. The number of hydrogen-bond donors (Lipinski definition) is 2. The van der Waals surface area contributed by atoms with Gasteiger partial charge in [0.25, 0.3) is 5.91 Å². The van der Waals surface area contributed by atoms with Crippen LogP contribution in [-0.2, 0) is 14.8 Å². The lowest BCUT2D eigenvalue weighted by molar-refractivity contribution is -0.137. The number of aliphatic carboxylic acids is 1. The Balaban J connectivity index is 2.98. The normalized spacial score (nSPS) is 11.5. The summed E-state index contributed by atoms with van der Waals surface area (Å²) in [6, 6.07) is 5.21. The third kappa shape index (κ3) is 5.65. The monoisotopic (exact) mass is 342 g/mol. The van der Waals surface area contributed by atoms with E-state index in [1.807, 2.05) is 6.92 Å². The topological polar surface area (TPSA) is 104 Å². The number of benzene rings is 1. The number of nitrogens with zero attached hydrogens (tertiary/aromatic N) is 1. The summed E-state index contributed by atoms with van der Waals surface area (Å²) in [5, 5.41) is 8.86. The summed E-state index contributed by atoms with van der Waals surface area (Å²) >= 11 is 0. The van der Waals surface area contributed by atoms with E-state index >= 15 is 0 Å². The Hall–Kier alpha value is -1.93. The molecule has 2 N–H and O–H groups in total. The summed E-state index contributed by atoms with van der Waals surface area (Å²) in [6.45, 7) is 5.20. The number of rotatable bonds is 8. The minimum Gasteiger partial charge on any atom is -0.480 e. The smallest absolute Gasteiger partial charge is 0.323 e. The molecule has 0 fully saturated rings. The molecule has 0 aromatic heterocycles. The summed E-state index contributed by atoms with van der Waals surface area (Å²) in [7, 11) is -3.62. The Morgan fingerprint density at radius 1 is 1.22 bits per heavy atom. The summed E-state index contributed by atoms with van der Waals surface area (Å²) in [5.41, 5.74) is 0.253. The summed E-state index contributed by atoms with van der Waals surface area (Å²) in [6.07, 6.45) is 0.629. The van der Waals surface area contributed by atoms with E-state index < -0.39 is 21.9 Å². The van der Waals surface area contributed by atoms with E-state index in [-0.39, 0.29) is 23.0 Å². The predicted octanol–water partition coefficient (Wildman–Crippen LogP) is 1.31. The molecule has 0 spiro atoms. The van der Waals surface area contributed by atoms with E-state index in [0.717, 1.165) is 0 Å². The molecule has 0 atom stereocenters. The fourth-order valence-electron chi connectivity index (χ4n) is 2.02. The maximum absolute atomic E-state index is 12.3. The zero-order valence-corrected chi connectivity index (χ0v) is 14.3. The molecule has 23 heavy (non-hydrogen) atoms. The molecule has 0 bridgehead atoms. The van der Waals surface area contributed by atoms with Crippen LogP contribution in [0, 0.1) is 0 Å². The van der Waals surface area contributed by atoms with Crippen LogP contribution in [0.15, 0.2) is 29.2 Å². The molecule has 7 nitrogen and oxygen atoms in total. The standard InChI is InChI=1S/C15H22N2O5S/c1-4-9-17(10-14(18)19)15(20)12-5-7-13(8-6-12)23(21,22)16-11(2)3/h5-8,11,16H,4,9-10H2,1-3H3,(H,18,19). The molecular weight excluding hydrogens is 320 g/mol. The molecule has 1 rings (SSSR count). The second-order valence-corrected chi connectivity index (χ2v) is 7.13. The first-order valence-corrected chi connectivity index (χ1v) is 8.79. The van der Waals surface area contributed by atoms with Gasteiger partial charge < -0.3 is 10.0 Å². The Kier molecular flexibility index (Phi) is 6.71. The van der Waals surface area contributed by atoms with Gasteiger partial charge >= 0.3 is 5.97 Å². The SMILES string of the molecule is CCCN(CC(=O)O)C(=O)c1ccc(S(=O)(=O)NC(C)C)cc1. The van der Waals surface area contributed by atoms with E-state index in [0.29, 0.717) is 13.0 Å². The maximum atomic E-state index is 12.3. The first-order valence-electron chi connectivity index (χ1n) is 7.30. The number of sulfonamides is 1. The largest absolute Gasteiger partial charge is 0.480 e. The quantitative estimate of drug-likeness (QED) is 0.741. The molecule has 0 radical (unpaired) electrons. The second kappa shape index (κ2) is 8.07. The van der Waals surface area contributed by atoms with Gasteiger partial charge in [-0.25, -0.2) is 13.1 Å². The molecule has 0 saturated carbocycles. The van der Waals surface area contributed by atoms with Crippen LogP contribution in [0.25, 0.3) is 0 Å². The average Bonchev–Trinajstić information content (AvgIpc) is 2.44.